The second-order valence-corrected chi connectivity index (χ2v) is 19.4. The van der Waals surface area contributed by atoms with Crippen LogP contribution in [0.15, 0.2) is 72.8 Å². The highest BCUT2D eigenvalue weighted by molar-refractivity contribution is 6.00. The smallest absolute Gasteiger partial charge is 0.251 e. The summed E-state index contributed by atoms with van der Waals surface area (Å²) >= 11 is 0. The van der Waals surface area contributed by atoms with Crippen LogP contribution in [-0.2, 0) is 28.8 Å². The molecular formula is C51H67N7O17. The Balaban J connectivity index is 1.35. The Kier molecular flexibility index (Phi) is 19.3. The van der Waals surface area contributed by atoms with Crippen molar-refractivity contribution >= 4 is 41.4 Å². The van der Waals surface area contributed by atoms with Gasteiger partial charge in [0, 0.05) is 37.4 Å². The number of amides is 7. The summed E-state index contributed by atoms with van der Waals surface area (Å²) in [4.78, 5) is 101. The number of carbonyl (C=O) groups excluding carboxylic acids is 7. The average molecular weight is 1050 g/mol. The predicted octanol–water partition coefficient (Wildman–Crippen LogP) is -2.98. The number of phenolic OH excluding ortho intramolecular Hbond substituents is 1. The number of nitrogens with one attached hydrogen (secondary N) is 5. The standard InChI is InChI=1S/C51H67N7O17/c1-5-6-19-75-33-17-13-28(14-18-33)27-7-9-30(10-8-27)44(67)52-34-21-36(63)47(70)56-49(72)40-41(64)24(2)22-58(40)51(74)38(26(4)60)54-48(71)39(43(66)42(65)29-11-15-31(61)16-12-29)55-46(69)35-20-32(62)23-57(35)50(73)37(25(3)59)53-45(34)68/h7-18,24-26,32,34-43,47,59-66,70H,5-6,19-23H2,1-4H3,(H,52,67)(H,53,68)(H,54,71)(H,55,69)(H,56,72)/t24-,25+,26+,32+,34-,35-,36+,37-,38-,39-,40-,41-,42-,43-,47-/m0/s1. The maximum absolute atomic E-state index is 14.4. The fourth-order valence-electron chi connectivity index (χ4n) is 9.16. The van der Waals surface area contributed by atoms with Gasteiger partial charge in [-0.05, 0) is 73.4 Å². The van der Waals surface area contributed by atoms with Gasteiger partial charge in [0.25, 0.3) is 5.91 Å². The molecule has 0 aromatic heterocycles. The van der Waals surface area contributed by atoms with Gasteiger partial charge in [0.05, 0.1) is 31.0 Å². The monoisotopic (exact) mass is 1050 g/mol. The molecule has 24 heteroatoms. The van der Waals surface area contributed by atoms with Gasteiger partial charge in [-0.3, -0.25) is 33.6 Å². The number of aliphatic hydroxyl groups excluding tert-OH is 8. The molecule has 24 nitrogen and oxygen atoms in total. The molecule has 7 amide bonds. The summed E-state index contributed by atoms with van der Waals surface area (Å²) in [7, 11) is 0. The maximum Gasteiger partial charge on any atom is 0.251 e. The van der Waals surface area contributed by atoms with Crippen molar-refractivity contribution in [2.24, 2.45) is 5.92 Å². The molecular weight excluding hydrogens is 983 g/mol. The first-order valence-electron chi connectivity index (χ1n) is 24.7. The molecule has 3 aliphatic heterocycles. The molecule has 0 spiro atoms. The molecule has 75 heavy (non-hydrogen) atoms. The van der Waals surface area contributed by atoms with E-state index in [1.807, 2.05) is 19.1 Å². The topological polar surface area (TPSA) is 377 Å². The fraction of sp³-hybridized carbons (Fsp3) is 0.510. The van der Waals surface area contributed by atoms with E-state index in [1.165, 1.54) is 31.2 Å². The van der Waals surface area contributed by atoms with Crippen LogP contribution in [0, 0.1) is 5.92 Å². The van der Waals surface area contributed by atoms with Gasteiger partial charge < -0.3 is 87.1 Å². The van der Waals surface area contributed by atoms with Gasteiger partial charge in [0.15, 0.2) is 6.23 Å². The highest BCUT2D eigenvalue weighted by atomic mass is 16.5. The number of hydrogen-bond acceptors (Lipinski definition) is 17. The molecule has 3 aromatic rings. The molecule has 14 N–H and O–H groups in total. The van der Waals surface area contributed by atoms with Crippen LogP contribution in [0.25, 0.3) is 11.1 Å². The van der Waals surface area contributed by atoms with E-state index in [2.05, 4.69) is 26.6 Å². The van der Waals surface area contributed by atoms with Crippen molar-refractivity contribution in [1.29, 1.82) is 0 Å². The van der Waals surface area contributed by atoms with E-state index < -0.39 is 152 Å². The third-order valence-electron chi connectivity index (χ3n) is 13.6. The number of aliphatic hydroxyl groups is 8. The number of fused-ring (bicyclic) bond motifs is 2. The van der Waals surface area contributed by atoms with Crippen LogP contribution in [0.1, 0.15) is 75.4 Å². The van der Waals surface area contributed by atoms with E-state index in [-0.39, 0.29) is 23.4 Å². The van der Waals surface area contributed by atoms with Gasteiger partial charge >= 0.3 is 0 Å². The molecule has 3 fully saturated rings. The van der Waals surface area contributed by atoms with E-state index in [0.29, 0.717) is 17.9 Å². The molecule has 3 aromatic carbocycles. The first-order valence-corrected chi connectivity index (χ1v) is 24.7. The van der Waals surface area contributed by atoms with E-state index in [0.717, 1.165) is 54.2 Å². The number of rotatable bonds is 12. The molecule has 0 radical (unpaired) electrons. The summed E-state index contributed by atoms with van der Waals surface area (Å²) in [5.41, 5.74) is 1.43. The minimum Gasteiger partial charge on any atom is -0.508 e. The number of nitrogens with zero attached hydrogens (tertiary/aromatic N) is 2. The predicted molar refractivity (Wildman–Crippen MR) is 263 cm³/mol. The zero-order chi connectivity index (χ0) is 55.0. The summed E-state index contributed by atoms with van der Waals surface area (Å²) in [5, 5.41) is 111. The van der Waals surface area contributed by atoms with Crippen LogP contribution in [0.4, 0.5) is 0 Å². The number of ether oxygens (including phenoxy) is 1. The average Bonchev–Trinajstić information content (AvgIpc) is 3.93. The lowest BCUT2D eigenvalue weighted by atomic mass is 9.96. The second-order valence-electron chi connectivity index (χ2n) is 19.4. The Morgan fingerprint density at radius 2 is 1.25 bits per heavy atom. The van der Waals surface area contributed by atoms with E-state index in [4.69, 9.17) is 4.74 Å². The molecule has 0 bridgehead atoms. The molecule has 6 rings (SSSR count). The van der Waals surface area contributed by atoms with Gasteiger partial charge in [0.1, 0.15) is 66.1 Å². The van der Waals surface area contributed by atoms with Crippen molar-refractivity contribution < 1.29 is 84.3 Å². The number of aromatic hydroxyl groups is 1. The molecule has 0 aliphatic carbocycles. The lowest BCUT2D eigenvalue weighted by molar-refractivity contribution is -0.148. The van der Waals surface area contributed by atoms with Crippen LogP contribution in [0.5, 0.6) is 11.5 Å². The lowest BCUT2D eigenvalue weighted by Crippen LogP contribution is -2.64. The van der Waals surface area contributed by atoms with Crippen LogP contribution in [-0.4, -0.2) is 196 Å². The normalized spacial score (nSPS) is 29.0. The third-order valence-corrected chi connectivity index (χ3v) is 13.6. The first kappa shape index (κ1) is 57.5. The van der Waals surface area contributed by atoms with Crippen molar-refractivity contribution in [3.05, 3.63) is 83.9 Å². The summed E-state index contributed by atoms with van der Waals surface area (Å²) < 4.78 is 5.74. The Morgan fingerprint density at radius 3 is 1.84 bits per heavy atom. The molecule has 408 valence electrons. The van der Waals surface area contributed by atoms with Gasteiger partial charge in [-0.25, -0.2) is 0 Å². The van der Waals surface area contributed by atoms with Gasteiger partial charge in [-0.15, -0.1) is 0 Å². The maximum atomic E-state index is 14.4. The van der Waals surface area contributed by atoms with Crippen molar-refractivity contribution in [2.45, 2.75) is 139 Å². The Bertz CT molecular complexity index is 2500. The van der Waals surface area contributed by atoms with Crippen molar-refractivity contribution in [2.75, 3.05) is 19.7 Å². The Labute approximate surface area is 431 Å². The summed E-state index contributed by atoms with van der Waals surface area (Å²) in [6.45, 7) is 5.31. The molecule has 3 heterocycles. The van der Waals surface area contributed by atoms with Gasteiger partial charge in [-0.1, -0.05) is 56.7 Å². The van der Waals surface area contributed by atoms with Crippen LogP contribution >= 0.6 is 0 Å². The van der Waals surface area contributed by atoms with Crippen molar-refractivity contribution in [1.82, 2.24) is 36.4 Å². The molecule has 0 saturated carbocycles. The van der Waals surface area contributed by atoms with Gasteiger partial charge in [0.2, 0.25) is 35.4 Å². The van der Waals surface area contributed by atoms with Crippen LogP contribution in [0.2, 0.25) is 0 Å². The van der Waals surface area contributed by atoms with E-state index >= 15 is 0 Å². The zero-order valence-corrected chi connectivity index (χ0v) is 41.7. The van der Waals surface area contributed by atoms with Crippen molar-refractivity contribution in [3.8, 4) is 22.6 Å². The van der Waals surface area contributed by atoms with E-state index in [1.54, 1.807) is 24.3 Å². The quantitative estimate of drug-likeness (QED) is 0.0805. The first-order chi connectivity index (χ1) is 35.5. The molecule has 3 saturated heterocycles. The SMILES string of the molecule is CCCCOc1ccc(-c2ccc(C(=O)N[C@H]3C[C@@H](O)[C@H](O)NC(=O)[C@@H]4[C@@H](O)[C@@H](C)CN4C(=O)[C@H]([C@@H](C)O)NC(=O)[C@H]([C@H](O)[C@@H](O)c4ccc(O)cc4)NC(=O)[C@@H]4C[C@@H](O)CN4C(=O)[C@H]([C@@H](C)O)NC3=O)cc2)cc1. The minimum atomic E-state index is -2.29. The van der Waals surface area contributed by atoms with Crippen molar-refractivity contribution in [3.63, 3.8) is 0 Å². The highest BCUT2D eigenvalue weighted by Gasteiger charge is 2.50. The number of benzene rings is 3. The second kappa shape index (κ2) is 25.2. The van der Waals surface area contributed by atoms with Crippen LogP contribution < -0.4 is 31.3 Å². The highest BCUT2D eigenvalue weighted by Crippen LogP contribution is 2.28. The Hall–Kier alpha value is -6.77. The Morgan fingerprint density at radius 1 is 0.693 bits per heavy atom. The lowest BCUT2D eigenvalue weighted by Gasteiger charge is -2.34. The summed E-state index contributed by atoms with van der Waals surface area (Å²) in [6.07, 6.45) is -14.9. The number of carbonyl (C=O) groups is 7. The van der Waals surface area contributed by atoms with E-state index in [9.17, 15) is 79.5 Å². The summed E-state index contributed by atoms with van der Waals surface area (Å²) in [6, 6.07) is 6.50. The van der Waals surface area contributed by atoms with Crippen LogP contribution in [0.3, 0.4) is 0 Å². The number of phenols is 1. The fourth-order valence-corrected chi connectivity index (χ4v) is 9.16. The third kappa shape index (κ3) is 13.8. The largest absolute Gasteiger partial charge is 0.508 e. The molecule has 15 atom stereocenters. The zero-order valence-electron chi connectivity index (χ0n) is 41.7. The number of unbranched alkanes of at least 4 members (excludes halogenated alkanes) is 1. The molecule has 3 aliphatic rings. The number of hydrogen-bond donors (Lipinski definition) is 14. The van der Waals surface area contributed by atoms with Gasteiger partial charge in [-0.2, -0.15) is 0 Å². The minimum absolute atomic E-state index is 0.0106. The molecule has 0 unspecified atom stereocenters. The summed E-state index contributed by atoms with van der Waals surface area (Å²) in [5.74, 6) is -8.76.